The van der Waals surface area contributed by atoms with E-state index in [9.17, 15) is 19.8 Å². The molecule has 1 aliphatic rings. The van der Waals surface area contributed by atoms with Gasteiger partial charge in [-0.15, -0.1) is 0 Å². The average Bonchev–Trinajstić information content (AvgIpc) is 2.64. The molecule has 1 aromatic carbocycles. The van der Waals surface area contributed by atoms with Gasteiger partial charge in [0.25, 0.3) is 11.7 Å². The van der Waals surface area contributed by atoms with Crippen molar-refractivity contribution < 1.29 is 19.8 Å². The molecule has 96 valence electrons. The van der Waals surface area contributed by atoms with Crippen LogP contribution in [-0.4, -0.2) is 33.3 Å². The Morgan fingerprint density at radius 3 is 2.61 bits per heavy atom. The highest BCUT2D eigenvalue weighted by Crippen LogP contribution is 2.34. The third kappa shape index (κ3) is 1.96. The Bertz CT molecular complexity index is 529. The van der Waals surface area contributed by atoms with Gasteiger partial charge in [-0.3, -0.25) is 9.59 Å². The maximum atomic E-state index is 11.8. The maximum Gasteiger partial charge on any atom is 0.296 e. The second-order valence-corrected chi connectivity index (χ2v) is 4.82. The predicted molar refractivity (Wildman–Crippen MR) is 68.9 cm³/mol. The molecule has 18 heavy (non-hydrogen) atoms. The smallest absolute Gasteiger partial charge is 0.296 e. The number of hydrogen-bond acceptors (Lipinski definition) is 4. The quantitative estimate of drug-likeness (QED) is 0.572. The second kappa shape index (κ2) is 4.79. The number of ketones is 1. The molecule has 1 aromatic rings. The van der Waals surface area contributed by atoms with Crippen molar-refractivity contribution in [2.24, 2.45) is 0 Å². The fourth-order valence-corrected chi connectivity index (χ4v) is 2.38. The number of halogens is 1. The van der Waals surface area contributed by atoms with Crippen molar-refractivity contribution in [2.45, 2.75) is 19.1 Å². The van der Waals surface area contributed by atoms with E-state index in [2.05, 4.69) is 21.2 Å². The summed E-state index contributed by atoms with van der Waals surface area (Å²) in [5.74, 6) is -1.39. The zero-order chi connectivity index (χ0) is 13.4. The molecule has 2 unspecified atom stereocenters. The van der Waals surface area contributed by atoms with Gasteiger partial charge in [0, 0.05) is 5.33 Å². The van der Waals surface area contributed by atoms with E-state index in [1.807, 2.05) is 0 Å². The third-order valence-corrected chi connectivity index (χ3v) is 3.63. The van der Waals surface area contributed by atoms with Crippen LogP contribution in [0.15, 0.2) is 12.1 Å². The number of carbonyl (C=O) groups is 2. The van der Waals surface area contributed by atoms with Crippen LogP contribution in [0.5, 0.6) is 0 Å². The first-order chi connectivity index (χ1) is 8.47. The summed E-state index contributed by atoms with van der Waals surface area (Å²) in [6.07, 6.45) is -2.25. The van der Waals surface area contributed by atoms with Crippen molar-refractivity contribution in [3.05, 3.63) is 28.8 Å². The van der Waals surface area contributed by atoms with Gasteiger partial charge in [0.1, 0.15) is 6.10 Å². The van der Waals surface area contributed by atoms with Crippen molar-refractivity contribution in [3.8, 4) is 0 Å². The standard InChI is InChI=1S/C12H12BrNO4/c1-5-2-3-6-9(11(17)12(18)14-6)8(5)10(16)7(15)4-13/h2-3,7,10,15-16H,4H2,1H3,(H,14,17,18). The minimum absolute atomic E-state index is 0.160. The Kier molecular flexibility index (Phi) is 3.52. The number of anilines is 1. The van der Waals surface area contributed by atoms with Crippen LogP contribution in [-0.2, 0) is 4.79 Å². The van der Waals surface area contributed by atoms with E-state index in [0.29, 0.717) is 16.8 Å². The topological polar surface area (TPSA) is 86.6 Å². The Morgan fingerprint density at radius 2 is 2.00 bits per heavy atom. The fourth-order valence-electron chi connectivity index (χ4n) is 2.02. The highest BCUT2D eigenvalue weighted by molar-refractivity contribution is 9.09. The molecule has 1 heterocycles. The number of fused-ring (bicyclic) bond motifs is 1. The molecule has 6 heteroatoms. The van der Waals surface area contributed by atoms with Crippen molar-refractivity contribution >= 4 is 33.3 Å². The number of alkyl halides is 1. The molecule has 0 saturated carbocycles. The van der Waals surface area contributed by atoms with Gasteiger partial charge >= 0.3 is 0 Å². The number of amides is 1. The van der Waals surface area contributed by atoms with Crippen LogP contribution in [0.25, 0.3) is 0 Å². The van der Waals surface area contributed by atoms with Gasteiger partial charge in [-0.25, -0.2) is 0 Å². The highest BCUT2D eigenvalue weighted by atomic mass is 79.9. The molecule has 0 bridgehead atoms. The highest BCUT2D eigenvalue weighted by Gasteiger charge is 2.34. The van der Waals surface area contributed by atoms with Crippen LogP contribution in [0.4, 0.5) is 5.69 Å². The number of aliphatic hydroxyl groups excluding tert-OH is 2. The average molecular weight is 314 g/mol. The normalized spacial score (nSPS) is 17.3. The molecule has 0 radical (unpaired) electrons. The van der Waals surface area contributed by atoms with Gasteiger partial charge in [0.05, 0.1) is 17.4 Å². The first-order valence-electron chi connectivity index (χ1n) is 5.38. The summed E-state index contributed by atoms with van der Waals surface area (Å²) in [7, 11) is 0. The number of Topliss-reactive ketones (excluding diaryl/α,β-unsaturated/α-hetero) is 1. The minimum atomic E-state index is -1.21. The number of hydrogen-bond donors (Lipinski definition) is 3. The lowest BCUT2D eigenvalue weighted by atomic mass is 9.92. The summed E-state index contributed by atoms with van der Waals surface area (Å²) >= 11 is 3.07. The van der Waals surface area contributed by atoms with E-state index < -0.39 is 23.9 Å². The summed E-state index contributed by atoms with van der Waals surface area (Å²) < 4.78 is 0. The first kappa shape index (κ1) is 13.2. The molecular formula is C12H12BrNO4. The Morgan fingerprint density at radius 1 is 1.33 bits per heavy atom. The largest absolute Gasteiger partial charge is 0.389 e. The van der Waals surface area contributed by atoms with Crippen molar-refractivity contribution in [1.29, 1.82) is 0 Å². The SMILES string of the molecule is Cc1ccc2c(c1C(O)C(O)CBr)C(=O)C(=O)N2. The lowest BCUT2D eigenvalue weighted by molar-refractivity contribution is -0.112. The molecule has 0 aromatic heterocycles. The summed E-state index contributed by atoms with van der Waals surface area (Å²) in [5.41, 5.74) is 1.51. The lowest BCUT2D eigenvalue weighted by Crippen LogP contribution is -2.23. The Hall–Kier alpha value is -1.24. The molecule has 3 N–H and O–H groups in total. The van der Waals surface area contributed by atoms with E-state index in [-0.39, 0.29) is 10.9 Å². The minimum Gasteiger partial charge on any atom is -0.389 e. The zero-order valence-corrected chi connectivity index (χ0v) is 11.2. The number of rotatable bonds is 3. The maximum absolute atomic E-state index is 11.8. The predicted octanol–water partition coefficient (Wildman–Crippen LogP) is 0.919. The van der Waals surface area contributed by atoms with Gasteiger partial charge in [0.15, 0.2) is 0 Å². The van der Waals surface area contributed by atoms with E-state index in [1.54, 1.807) is 19.1 Å². The van der Waals surface area contributed by atoms with E-state index in [1.165, 1.54) is 0 Å². The first-order valence-corrected chi connectivity index (χ1v) is 6.50. The number of aryl methyl sites for hydroxylation is 1. The molecule has 1 aliphatic heterocycles. The van der Waals surface area contributed by atoms with Crippen LogP contribution in [0, 0.1) is 6.92 Å². The van der Waals surface area contributed by atoms with Crippen LogP contribution in [0.3, 0.4) is 0 Å². The summed E-state index contributed by atoms with van der Waals surface area (Å²) in [6.45, 7) is 1.72. The second-order valence-electron chi connectivity index (χ2n) is 4.17. The van der Waals surface area contributed by atoms with Gasteiger partial charge in [-0.1, -0.05) is 22.0 Å². The summed E-state index contributed by atoms with van der Waals surface area (Å²) in [6, 6.07) is 3.31. The van der Waals surface area contributed by atoms with E-state index in [0.717, 1.165) is 0 Å². The fraction of sp³-hybridized carbons (Fsp3) is 0.333. The van der Waals surface area contributed by atoms with Crippen LogP contribution in [0.2, 0.25) is 0 Å². The number of nitrogens with one attached hydrogen (secondary N) is 1. The number of aliphatic hydroxyl groups is 2. The Labute approximate surface area is 112 Å². The van der Waals surface area contributed by atoms with Crippen LogP contribution < -0.4 is 5.32 Å². The molecule has 0 fully saturated rings. The van der Waals surface area contributed by atoms with Gasteiger partial charge in [-0.05, 0) is 24.1 Å². The lowest BCUT2D eigenvalue weighted by Gasteiger charge is -2.20. The molecule has 2 atom stereocenters. The molecule has 0 spiro atoms. The number of benzene rings is 1. The molecular weight excluding hydrogens is 302 g/mol. The van der Waals surface area contributed by atoms with Crippen molar-refractivity contribution in [1.82, 2.24) is 0 Å². The summed E-state index contributed by atoms with van der Waals surface area (Å²) in [4.78, 5) is 23.1. The molecule has 2 rings (SSSR count). The van der Waals surface area contributed by atoms with Gasteiger partial charge in [0.2, 0.25) is 0 Å². The van der Waals surface area contributed by atoms with Crippen LogP contribution in [0.1, 0.15) is 27.6 Å². The van der Waals surface area contributed by atoms with Crippen LogP contribution >= 0.6 is 15.9 Å². The Balaban J connectivity index is 2.58. The van der Waals surface area contributed by atoms with Crippen molar-refractivity contribution in [3.63, 3.8) is 0 Å². The summed E-state index contributed by atoms with van der Waals surface area (Å²) in [5, 5.41) is 22.3. The van der Waals surface area contributed by atoms with Gasteiger partial charge in [-0.2, -0.15) is 0 Å². The molecule has 0 aliphatic carbocycles. The van der Waals surface area contributed by atoms with Crippen molar-refractivity contribution in [2.75, 3.05) is 10.6 Å². The zero-order valence-electron chi connectivity index (χ0n) is 9.61. The van der Waals surface area contributed by atoms with E-state index in [4.69, 9.17) is 0 Å². The van der Waals surface area contributed by atoms with Gasteiger partial charge < -0.3 is 15.5 Å². The monoisotopic (exact) mass is 313 g/mol. The molecule has 1 amide bonds. The van der Waals surface area contributed by atoms with E-state index >= 15 is 0 Å². The molecule has 0 saturated heterocycles. The third-order valence-electron chi connectivity index (χ3n) is 2.96. The molecule has 5 nitrogen and oxygen atoms in total. The number of carbonyl (C=O) groups excluding carboxylic acids is 2.